The molecule has 0 saturated heterocycles. The molecule has 0 saturated carbocycles. The summed E-state index contributed by atoms with van der Waals surface area (Å²) < 4.78 is 0. The van der Waals surface area contributed by atoms with E-state index in [1.807, 2.05) is 13.8 Å². The molecule has 1 aliphatic heterocycles. The van der Waals surface area contributed by atoms with Gasteiger partial charge in [-0.25, -0.2) is 0 Å². The molecule has 0 spiro atoms. The van der Waals surface area contributed by atoms with E-state index in [2.05, 4.69) is 0 Å². The zero-order valence-electron chi connectivity index (χ0n) is 17.0. The number of benzene rings is 2. The second-order valence-corrected chi connectivity index (χ2v) is 9.52. The highest BCUT2D eigenvalue weighted by atomic mass is 35.5. The zero-order chi connectivity index (χ0) is 22.5. The highest BCUT2D eigenvalue weighted by Gasteiger charge is 2.45. The first kappa shape index (κ1) is 21.5. The number of anilines is 1. The van der Waals surface area contributed by atoms with E-state index in [4.69, 9.17) is 23.2 Å². The third-order valence-corrected chi connectivity index (χ3v) is 6.55. The van der Waals surface area contributed by atoms with Gasteiger partial charge in [-0.3, -0.25) is 24.6 Å². The number of amides is 1. The molecule has 1 atom stereocenters. The predicted octanol–water partition coefficient (Wildman–Crippen LogP) is 6.07. The summed E-state index contributed by atoms with van der Waals surface area (Å²) in [7, 11) is 0. The number of nitro benzene ring substituents is 1. The van der Waals surface area contributed by atoms with Gasteiger partial charge in [-0.1, -0.05) is 55.2 Å². The van der Waals surface area contributed by atoms with Gasteiger partial charge < -0.3 is 0 Å². The number of ketones is 1. The smallest absolute Gasteiger partial charge is 0.293 e. The lowest BCUT2D eigenvalue weighted by Gasteiger charge is -2.42. The quantitative estimate of drug-likeness (QED) is 0.413. The monoisotopic (exact) mass is 458 g/mol. The van der Waals surface area contributed by atoms with Gasteiger partial charge in [0.2, 0.25) is 5.91 Å². The Balaban J connectivity index is 1.94. The molecule has 0 bridgehead atoms. The van der Waals surface area contributed by atoms with Crippen LogP contribution < -0.4 is 4.90 Å². The lowest BCUT2D eigenvalue weighted by atomic mass is 9.69. The van der Waals surface area contributed by atoms with Gasteiger partial charge in [0, 0.05) is 36.1 Å². The number of halogens is 2. The van der Waals surface area contributed by atoms with Gasteiger partial charge in [0.15, 0.2) is 5.78 Å². The first-order chi connectivity index (χ1) is 14.6. The van der Waals surface area contributed by atoms with Crippen LogP contribution in [0, 0.1) is 15.5 Å². The van der Waals surface area contributed by atoms with Crippen LogP contribution in [0.3, 0.4) is 0 Å². The highest BCUT2D eigenvalue weighted by Crippen LogP contribution is 2.49. The fraction of sp³-hybridized carbons (Fsp3) is 0.304. The van der Waals surface area contributed by atoms with E-state index in [1.165, 1.54) is 11.0 Å². The Labute approximate surface area is 189 Å². The number of rotatable bonds is 3. The maximum atomic E-state index is 13.4. The van der Waals surface area contributed by atoms with E-state index in [9.17, 15) is 19.7 Å². The van der Waals surface area contributed by atoms with Gasteiger partial charge in [-0.2, -0.15) is 0 Å². The molecule has 6 nitrogen and oxygen atoms in total. The van der Waals surface area contributed by atoms with Crippen LogP contribution in [-0.4, -0.2) is 16.6 Å². The van der Waals surface area contributed by atoms with Gasteiger partial charge in [0.05, 0.1) is 15.0 Å². The van der Waals surface area contributed by atoms with Crippen LogP contribution in [-0.2, 0) is 9.59 Å². The SMILES string of the molecule is CC1(C)CC(=O)C2=C(C1)N(c1ccccc1[N+](=O)[O-])C(=O)CC2c1ccc(Cl)c(Cl)c1. The topological polar surface area (TPSA) is 80.5 Å². The number of hydrogen-bond donors (Lipinski definition) is 0. The first-order valence-electron chi connectivity index (χ1n) is 9.86. The zero-order valence-corrected chi connectivity index (χ0v) is 18.5. The fourth-order valence-corrected chi connectivity index (χ4v) is 4.82. The summed E-state index contributed by atoms with van der Waals surface area (Å²) in [5.74, 6) is -0.826. The van der Waals surface area contributed by atoms with Gasteiger partial charge in [0.25, 0.3) is 5.69 Å². The molecule has 4 rings (SSSR count). The summed E-state index contributed by atoms with van der Waals surface area (Å²) in [6.45, 7) is 3.92. The number of nitrogens with zero attached hydrogens (tertiary/aromatic N) is 2. The average molecular weight is 459 g/mol. The van der Waals surface area contributed by atoms with Crippen LogP contribution in [0.1, 0.15) is 44.6 Å². The van der Waals surface area contributed by atoms with Crippen LogP contribution >= 0.6 is 23.2 Å². The van der Waals surface area contributed by atoms with Gasteiger partial charge in [0.1, 0.15) is 5.69 Å². The molecule has 8 heteroatoms. The highest BCUT2D eigenvalue weighted by molar-refractivity contribution is 6.42. The Kier molecular flexibility index (Phi) is 5.40. The molecule has 2 aromatic carbocycles. The summed E-state index contributed by atoms with van der Waals surface area (Å²) in [6.07, 6.45) is 0.793. The largest absolute Gasteiger partial charge is 0.294 e. The Morgan fingerprint density at radius 1 is 1.06 bits per heavy atom. The molecule has 1 aliphatic carbocycles. The van der Waals surface area contributed by atoms with E-state index in [0.29, 0.717) is 34.2 Å². The average Bonchev–Trinajstić information content (AvgIpc) is 2.68. The van der Waals surface area contributed by atoms with Crippen LogP contribution in [0.2, 0.25) is 10.0 Å². The van der Waals surface area contributed by atoms with Crippen molar-refractivity contribution in [3.05, 3.63) is 79.5 Å². The van der Waals surface area contributed by atoms with Crippen LogP contribution in [0.25, 0.3) is 0 Å². The van der Waals surface area contributed by atoms with E-state index >= 15 is 0 Å². The van der Waals surface area contributed by atoms with Crippen molar-refractivity contribution in [2.75, 3.05) is 4.90 Å². The van der Waals surface area contributed by atoms with Crippen molar-refractivity contribution in [1.29, 1.82) is 0 Å². The van der Waals surface area contributed by atoms with E-state index in [-0.39, 0.29) is 34.9 Å². The summed E-state index contributed by atoms with van der Waals surface area (Å²) in [4.78, 5) is 39.2. The summed E-state index contributed by atoms with van der Waals surface area (Å²) >= 11 is 12.3. The van der Waals surface area contributed by atoms with Gasteiger partial charge >= 0.3 is 0 Å². The molecule has 0 fully saturated rings. The number of allylic oxidation sites excluding steroid dienone is 2. The maximum absolute atomic E-state index is 13.4. The summed E-state index contributed by atoms with van der Waals surface area (Å²) in [5, 5.41) is 12.4. The van der Waals surface area contributed by atoms with Crippen molar-refractivity contribution in [3.63, 3.8) is 0 Å². The second kappa shape index (κ2) is 7.77. The number of hydrogen-bond acceptors (Lipinski definition) is 4. The van der Waals surface area contributed by atoms with Crippen LogP contribution in [0.4, 0.5) is 11.4 Å². The minimum absolute atomic E-state index is 0.00894. The van der Waals surface area contributed by atoms with Crippen molar-refractivity contribution in [3.8, 4) is 0 Å². The van der Waals surface area contributed by atoms with Crippen LogP contribution in [0.5, 0.6) is 0 Å². The summed E-state index contributed by atoms with van der Waals surface area (Å²) in [6, 6.07) is 11.2. The Hall–Kier alpha value is -2.70. The summed E-state index contributed by atoms with van der Waals surface area (Å²) in [5.41, 5.74) is 1.41. The van der Waals surface area contributed by atoms with Crippen molar-refractivity contribution in [2.24, 2.45) is 5.41 Å². The number of carbonyl (C=O) groups excluding carboxylic acids is 2. The number of nitro groups is 1. The molecule has 1 heterocycles. The normalized spacial score (nSPS) is 20.6. The molecule has 1 amide bonds. The lowest BCUT2D eigenvalue weighted by Crippen LogP contribution is -2.44. The standard InChI is InChI=1S/C23H20Cl2N2O4/c1-23(2)11-19-22(20(28)12-23)14(13-7-8-15(24)16(25)9-13)10-21(29)26(19)17-5-3-4-6-18(17)27(30)31/h3-9,14H,10-12H2,1-2H3. The lowest BCUT2D eigenvalue weighted by molar-refractivity contribution is -0.384. The fourth-order valence-electron chi connectivity index (χ4n) is 4.52. The number of carbonyl (C=O) groups is 2. The molecule has 2 aromatic rings. The third kappa shape index (κ3) is 3.86. The predicted molar refractivity (Wildman–Crippen MR) is 119 cm³/mol. The Morgan fingerprint density at radius 3 is 2.45 bits per heavy atom. The number of para-hydroxylation sites is 2. The minimum atomic E-state index is -0.510. The molecular formula is C23H20Cl2N2O4. The maximum Gasteiger partial charge on any atom is 0.293 e. The van der Waals surface area contributed by atoms with Crippen molar-refractivity contribution >= 4 is 46.3 Å². The molecule has 0 aromatic heterocycles. The first-order valence-corrected chi connectivity index (χ1v) is 10.6. The minimum Gasteiger partial charge on any atom is -0.294 e. The van der Waals surface area contributed by atoms with E-state index in [0.717, 1.165) is 5.56 Å². The molecular weight excluding hydrogens is 439 g/mol. The van der Waals surface area contributed by atoms with E-state index < -0.39 is 10.8 Å². The van der Waals surface area contributed by atoms with Gasteiger partial charge in [-0.05, 0) is 35.6 Å². The molecule has 2 aliphatic rings. The Morgan fingerprint density at radius 2 is 1.77 bits per heavy atom. The molecule has 0 N–H and O–H groups in total. The molecule has 0 radical (unpaired) electrons. The molecule has 160 valence electrons. The number of Topliss-reactive ketones (excluding diaryl/α,β-unsaturated/α-hetero) is 1. The van der Waals surface area contributed by atoms with Crippen molar-refractivity contribution in [2.45, 2.75) is 39.0 Å². The van der Waals surface area contributed by atoms with E-state index in [1.54, 1.807) is 36.4 Å². The van der Waals surface area contributed by atoms with Crippen molar-refractivity contribution in [1.82, 2.24) is 0 Å². The Bertz CT molecular complexity index is 1160. The second-order valence-electron chi connectivity index (χ2n) is 8.71. The van der Waals surface area contributed by atoms with Gasteiger partial charge in [-0.15, -0.1) is 0 Å². The molecule has 31 heavy (non-hydrogen) atoms. The third-order valence-electron chi connectivity index (χ3n) is 5.81. The van der Waals surface area contributed by atoms with Crippen molar-refractivity contribution < 1.29 is 14.5 Å². The van der Waals surface area contributed by atoms with Crippen LogP contribution in [0.15, 0.2) is 53.7 Å². The molecule has 1 unspecified atom stereocenters.